The zero-order chi connectivity index (χ0) is 14.5. The molecule has 2 atom stereocenters. The molecule has 6 nitrogen and oxygen atoms in total. The Bertz CT molecular complexity index is 402. The average Bonchev–Trinajstić information content (AvgIpc) is 2.35. The van der Waals surface area contributed by atoms with E-state index in [2.05, 4.69) is 0 Å². The van der Waals surface area contributed by atoms with Gasteiger partial charge in [-0.3, -0.25) is 9.57 Å². The van der Waals surface area contributed by atoms with Gasteiger partial charge in [-0.15, -0.1) is 0 Å². The molecule has 1 aliphatic rings. The molecule has 5 N–H and O–H groups in total. The van der Waals surface area contributed by atoms with E-state index in [4.69, 9.17) is 15.6 Å². The Hall–Kier alpha value is -0.660. The zero-order valence-corrected chi connectivity index (χ0v) is 12.0. The van der Waals surface area contributed by atoms with Crippen molar-refractivity contribution in [3.63, 3.8) is 0 Å². The first-order chi connectivity index (χ1) is 8.74. The fourth-order valence-electron chi connectivity index (χ4n) is 2.36. The lowest BCUT2D eigenvalue weighted by Gasteiger charge is -2.32. The molecule has 1 unspecified atom stereocenters. The quantitative estimate of drug-likeness (QED) is 0.555. The minimum atomic E-state index is -2.85. The maximum atomic E-state index is 12.0. The van der Waals surface area contributed by atoms with Crippen LogP contribution in [-0.2, 0) is 14.5 Å². The predicted octanol–water partition coefficient (Wildman–Crippen LogP) is 0.920. The standard InChI is InChI=1S/C12H24N2O4S/c13-10(11(15)16)4-8-19(14,18)9-7-12(17)5-2-1-3-6-12/h10,14,17H,1-9,13H2,(H,15,16)/t10-,19?/m0/s1. The fraction of sp³-hybridized carbons (Fsp3) is 0.917. The minimum Gasteiger partial charge on any atom is -0.480 e. The molecule has 0 bridgehead atoms. The van der Waals surface area contributed by atoms with Crippen LogP contribution in [0.4, 0.5) is 0 Å². The fourth-order valence-corrected chi connectivity index (χ4v) is 3.91. The molecular formula is C12H24N2O4S. The predicted molar refractivity (Wildman–Crippen MR) is 73.5 cm³/mol. The molecule has 0 amide bonds. The number of hydrogen-bond donors (Lipinski definition) is 4. The normalized spacial score (nSPS) is 23.5. The second-order valence-corrected chi connectivity index (χ2v) is 7.93. The summed E-state index contributed by atoms with van der Waals surface area (Å²) in [5.74, 6) is -1.03. The Kier molecular flexibility index (Phi) is 5.76. The van der Waals surface area contributed by atoms with Crippen LogP contribution in [0.3, 0.4) is 0 Å². The van der Waals surface area contributed by atoms with Crippen LogP contribution in [0, 0.1) is 4.78 Å². The average molecular weight is 292 g/mol. The molecule has 1 fully saturated rings. The monoisotopic (exact) mass is 292 g/mol. The lowest BCUT2D eigenvalue weighted by molar-refractivity contribution is -0.138. The Balaban J connectivity index is 2.40. The number of carboxylic acid groups (broad SMARTS) is 1. The summed E-state index contributed by atoms with van der Waals surface area (Å²) in [6.07, 6.45) is 4.87. The number of aliphatic carboxylic acids is 1. The van der Waals surface area contributed by atoms with E-state index >= 15 is 0 Å². The smallest absolute Gasteiger partial charge is 0.320 e. The third kappa shape index (κ3) is 5.88. The number of carboxylic acids is 1. The van der Waals surface area contributed by atoms with E-state index in [1.54, 1.807) is 0 Å². The minimum absolute atomic E-state index is 0.0173. The van der Waals surface area contributed by atoms with Crippen molar-refractivity contribution in [3.05, 3.63) is 0 Å². The highest BCUT2D eigenvalue weighted by molar-refractivity contribution is 7.92. The van der Waals surface area contributed by atoms with Crippen molar-refractivity contribution in [1.82, 2.24) is 0 Å². The summed E-state index contributed by atoms with van der Waals surface area (Å²) in [7, 11) is -2.85. The summed E-state index contributed by atoms with van der Waals surface area (Å²) < 4.78 is 19.7. The van der Waals surface area contributed by atoms with E-state index < -0.39 is 27.3 Å². The molecule has 0 spiro atoms. The molecule has 1 aliphatic carbocycles. The molecule has 1 saturated carbocycles. The second kappa shape index (κ2) is 6.67. The van der Waals surface area contributed by atoms with Gasteiger partial charge in [-0.2, -0.15) is 0 Å². The summed E-state index contributed by atoms with van der Waals surface area (Å²) in [6.45, 7) is 0. The highest BCUT2D eigenvalue weighted by Gasteiger charge is 2.30. The number of aliphatic hydroxyl groups is 1. The summed E-state index contributed by atoms with van der Waals surface area (Å²) in [5.41, 5.74) is 4.55. The molecule has 0 heterocycles. The molecule has 0 saturated heterocycles. The van der Waals surface area contributed by atoms with Crippen molar-refractivity contribution in [1.29, 1.82) is 4.78 Å². The maximum Gasteiger partial charge on any atom is 0.320 e. The number of carbonyl (C=O) groups is 1. The van der Waals surface area contributed by atoms with E-state index in [1.807, 2.05) is 0 Å². The third-order valence-electron chi connectivity index (χ3n) is 3.76. The van der Waals surface area contributed by atoms with Crippen molar-refractivity contribution < 1.29 is 19.2 Å². The van der Waals surface area contributed by atoms with Crippen molar-refractivity contribution in [3.8, 4) is 0 Å². The second-order valence-electron chi connectivity index (χ2n) is 5.49. The van der Waals surface area contributed by atoms with Gasteiger partial charge in [0.1, 0.15) is 6.04 Å². The summed E-state index contributed by atoms with van der Waals surface area (Å²) in [5, 5.41) is 18.9. The van der Waals surface area contributed by atoms with Crippen molar-refractivity contribution in [2.45, 2.75) is 56.6 Å². The summed E-state index contributed by atoms with van der Waals surface area (Å²) >= 11 is 0. The maximum absolute atomic E-state index is 12.0. The highest BCUT2D eigenvalue weighted by Crippen LogP contribution is 2.31. The molecule has 1 rings (SSSR count). The van der Waals surface area contributed by atoms with E-state index in [9.17, 15) is 14.1 Å². The topological polar surface area (TPSA) is 124 Å². The van der Waals surface area contributed by atoms with Gasteiger partial charge in [-0.25, -0.2) is 4.21 Å². The lowest BCUT2D eigenvalue weighted by atomic mass is 9.83. The van der Waals surface area contributed by atoms with Crippen LogP contribution in [0.1, 0.15) is 44.9 Å². The highest BCUT2D eigenvalue weighted by atomic mass is 32.2. The van der Waals surface area contributed by atoms with Crippen LogP contribution in [0.2, 0.25) is 0 Å². The lowest BCUT2D eigenvalue weighted by Crippen LogP contribution is -2.35. The van der Waals surface area contributed by atoms with Crippen LogP contribution < -0.4 is 5.73 Å². The van der Waals surface area contributed by atoms with Crippen molar-refractivity contribution >= 4 is 15.7 Å². The van der Waals surface area contributed by atoms with E-state index in [-0.39, 0.29) is 17.9 Å². The molecule has 19 heavy (non-hydrogen) atoms. The van der Waals surface area contributed by atoms with Crippen molar-refractivity contribution in [2.24, 2.45) is 5.73 Å². The summed E-state index contributed by atoms with van der Waals surface area (Å²) in [6, 6.07) is -1.07. The van der Waals surface area contributed by atoms with Gasteiger partial charge in [0.2, 0.25) is 0 Å². The van der Waals surface area contributed by atoms with E-state index in [0.29, 0.717) is 19.3 Å². The molecule has 0 aromatic heterocycles. The molecular weight excluding hydrogens is 268 g/mol. The van der Waals surface area contributed by atoms with Crippen LogP contribution in [0.25, 0.3) is 0 Å². The largest absolute Gasteiger partial charge is 0.480 e. The molecule has 7 heteroatoms. The number of hydrogen-bond acceptors (Lipinski definition) is 5. The molecule has 0 aliphatic heterocycles. The zero-order valence-electron chi connectivity index (χ0n) is 11.1. The number of nitrogens with one attached hydrogen (secondary N) is 1. The first-order valence-electron chi connectivity index (χ1n) is 6.69. The van der Waals surface area contributed by atoms with Crippen LogP contribution in [-0.4, -0.2) is 43.5 Å². The first kappa shape index (κ1) is 16.4. The van der Waals surface area contributed by atoms with Crippen LogP contribution in [0.5, 0.6) is 0 Å². The third-order valence-corrected chi connectivity index (χ3v) is 5.52. The Morgan fingerprint density at radius 3 is 2.42 bits per heavy atom. The first-order valence-corrected chi connectivity index (χ1v) is 8.59. The van der Waals surface area contributed by atoms with E-state index in [1.165, 1.54) is 0 Å². The molecule has 112 valence electrons. The Morgan fingerprint density at radius 1 is 1.32 bits per heavy atom. The number of rotatable bonds is 7. The van der Waals surface area contributed by atoms with E-state index in [0.717, 1.165) is 19.3 Å². The van der Waals surface area contributed by atoms with Crippen LogP contribution in [0.15, 0.2) is 0 Å². The van der Waals surface area contributed by atoms with Gasteiger partial charge < -0.3 is 15.9 Å². The Morgan fingerprint density at radius 2 is 1.89 bits per heavy atom. The summed E-state index contributed by atoms with van der Waals surface area (Å²) in [4.78, 5) is 10.6. The molecule has 0 radical (unpaired) electrons. The van der Waals surface area contributed by atoms with Crippen molar-refractivity contribution in [2.75, 3.05) is 11.5 Å². The molecule has 0 aromatic carbocycles. The number of nitrogens with two attached hydrogens (primary N) is 1. The van der Waals surface area contributed by atoms with Gasteiger partial charge in [-0.1, -0.05) is 19.3 Å². The Labute approximate surface area is 114 Å². The van der Waals surface area contributed by atoms with Gasteiger partial charge in [0.25, 0.3) is 0 Å². The molecule has 0 aromatic rings. The van der Waals surface area contributed by atoms with Gasteiger partial charge in [0.15, 0.2) is 0 Å². The van der Waals surface area contributed by atoms with Crippen LogP contribution >= 0.6 is 0 Å². The van der Waals surface area contributed by atoms with Gasteiger partial charge >= 0.3 is 5.97 Å². The van der Waals surface area contributed by atoms with Gasteiger partial charge in [0.05, 0.1) is 5.60 Å². The SMILES string of the molecule is N=S(=O)(CC[C@H](N)C(=O)O)CCC1(O)CCCCC1. The van der Waals surface area contributed by atoms with Gasteiger partial charge in [0, 0.05) is 21.2 Å². The van der Waals surface area contributed by atoms with Gasteiger partial charge in [-0.05, 0) is 25.7 Å².